The summed E-state index contributed by atoms with van der Waals surface area (Å²) in [6, 6.07) is 11.8. The zero-order valence-electron chi connectivity index (χ0n) is 13.3. The molecule has 0 heterocycles. The van der Waals surface area contributed by atoms with E-state index in [0.29, 0.717) is 24.9 Å². The number of nitrogens with one attached hydrogen (secondary N) is 2. The Morgan fingerprint density at radius 2 is 2.00 bits per heavy atom. The number of hydrogen-bond acceptors (Lipinski definition) is 2. The van der Waals surface area contributed by atoms with E-state index in [0.717, 1.165) is 16.0 Å². The number of urea groups is 1. The number of carbonyl (C=O) groups is 1. The summed E-state index contributed by atoms with van der Waals surface area (Å²) >= 11 is 0. The van der Waals surface area contributed by atoms with Crippen molar-refractivity contribution in [2.24, 2.45) is 0 Å². The molecule has 0 aliphatic heterocycles. The Balaban J connectivity index is 1.56. The molecule has 2 N–H and O–H groups in total. The molecule has 2 atom stereocenters. The lowest BCUT2D eigenvalue weighted by atomic mass is 10.1. The summed E-state index contributed by atoms with van der Waals surface area (Å²) in [5.41, 5.74) is 2.49. The third kappa shape index (κ3) is 3.64. The lowest BCUT2D eigenvalue weighted by Crippen LogP contribution is -2.36. The van der Waals surface area contributed by atoms with E-state index in [2.05, 4.69) is 10.6 Å². The Kier molecular flexibility index (Phi) is 4.94. The highest BCUT2D eigenvalue weighted by Gasteiger charge is 2.25. The van der Waals surface area contributed by atoms with Gasteiger partial charge in [-0.1, -0.05) is 24.3 Å². The highest BCUT2D eigenvalue weighted by molar-refractivity contribution is 7.84. The maximum atomic E-state index is 13.7. The summed E-state index contributed by atoms with van der Waals surface area (Å²) in [6.07, 6.45) is 2.98. The van der Waals surface area contributed by atoms with Crippen molar-refractivity contribution in [3.63, 3.8) is 0 Å². The molecule has 6 heteroatoms. The molecule has 0 fully saturated rings. The molecule has 0 saturated heterocycles. The van der Waals surface area contributed by atoms with E-state index in [-0.39, 0.29) is 17.9 Å². The lowest BCUT2D eigenvalue weighted by molar-refractivity contribution is 0.236. The van der Waals surface area contributed by atoms with E-state index in [1.165, 1.54) is 6.07 Å². The molecule has 0 aromatic heterocycles. The number of benzene rings is 2. The zero-order valence-corrected chi connectivity index (χ0v) is 14.2. The van der Waals surface area contributed by atoms with Crippen molar-refractivity contribution in [1.29, 1.82) is 0 Å². The third-order valence-electron chi connectivity index (χ3n) is 4.23. The first-order valence-electron chi connectivity index (χ1n) is 7.78. The second kappa shape index (κ2) is 7.13. The predicted molar refractivity (Wildman–Crippen MR) is 91.6 cm³/mol. The maximum absolute atomic E-state index is 13.7. The fourth-order valence-corrected chi connectivity index (χ4v) is 3.47. The summed E-state index contributed by atoms with van der Waals surface area (Å²) in [5, 5.41) is 5.70. The van der Waals surface area contributed by atoms with E-state index < -0.39 is 10.8 Å². The number of amides is 2. The number of carbonyl (C=O) groups excluding carboxylic acids is 1. The summed E-state index contributed by atoms with van der Waals surface area (Å²) in [4.78, 5) is 12.8. The molecular weight excluding hydrogens is 327 g/mol. The van der Waals surface area contributed by atoms with Crippen LogP contribution >= 0.6 is 0 Å². The van der Waals surface area contributed by atoms with Gasteiger partial charge in [-0.15, -0.1) is 0 Å². The first-order valence-corrected chi connectivity index (χ1v) is 9.34. The second-order valence-electron chi connectivity index (χ2n) is 5.82. The van der Waals surface area contributed by atoms with E-state index in [9.17, 15) is 13.4 Å². The summed E-state index contributed by atoms with van der Waals surface area (Å²) < 4.78 is 25.1. The van der Waals surface area contributed by atoms with Crippen LogP contribution in [0.3, 0.4) is 0 Å². The van der Waals surface area contributed by atoms with Gasteiger partial charge < -0.3 is 10.6 Å². The van der Waals surface area contributed by atoms with Crippen LogP contribution in [0.5, 0.6) is 0 Å². The van der Waals surface area contributed by atoms with Crippen LogP contribution in [0.25, 0.3) is 0 Å². The molecular formula is C18H19FN2O2S. The van der Waals surface area contributed by atoms with Crippen molar-refractivity contribution in [2.45, 2.75) is 30.3 Å². The molecule has 2 aromatic rings. The first kappa shape index (κ1) is 16.6. The maximum Gasteiger partial charge on any atom is 0.315 e. The second-order valence-corrected chi connectivity index (χ2v) is 7.20. The Morgan fingerprint density at radius 3 is 2.71 bits per heavy atom. The number of fused-ring (bicyclic) bond motifs is 1. The van der Waals surface area contributed by atoms with Gasteiger partial charge >= 0.3 is 6.03 Å². The molecule has 0 radical (unpaired) electrons. The predicted octanol–water partition coefficient (Wildman–Crippen LogP) is 3.05. The molecule has 126 valence electrons. The molecule has 0 unspecified atom stereocenters. The van der Waals surface area contributed by atoms with Crippen molar-refractivity contribution in [3.05, 3.63) is 65.0 Å². The minimum Gasteiger partial charge on any atom is -0.334 e. The highest BCUT2D eigenvalue weighted by Crippen LogP contribution is 2.32. The molecule has 0 saturated carbocycles. The van der Waals surface area contributed by atoms with Crippen molar-refractivity contribution in [2.75, 3.05) is 6.26 Å². The van der Waals surface area contributed by atoms with Gasteiger partial charge in [0.05, 0.1) is 6.04 Å². The molecule has 1 aliphatic carbocycles. The highest BCUT2D eigenvalue weighted by atomic mass is 32.2. The minimum atomic E-state index is -1.01. The molecule has 1 aliphatic rings. The molecule has 2 amide bonds. The lowest BCUT2D eigenvalue weighted by Gasteiger charge is -2.15. The van der Waals surface area contributed by atoms with Crippen molar-refractivity contribution >= 4 is 16.8 Å². The minimum absolute atomic E-state index is 0.152. The molecule has 3 rings (SSSR count). The Hall–Kier alpha value is -2.21. The Labute approximate surface area is 142 Å². The van der Waals surface area contributed by atoms with Crippen LogP contribution in [0, 0.1) is 5.82 Å². The molecule has 4 nitrogen and oxygen atoms in total. The van der Waals surface area contributed by atoms with Gasteiger partial charge in [0.25, 0.3) is 0 Å². The molecule has 2 aromatic carbocycles. The van der Waals surface area contributed by atoms with Crippen LogP contribution in [0.2, 0.25) is 0 Å². The third-order valence-corrected chi connectivity index (χ3v) is 5.16. The van der Waals surface area contributed by atoms with E-state index in [4.69, 9.17) is 0 Å². The summed E-state index contributed by atoms with van der Waals surface area (Å²) in [7, 11) is -1.01. The van der Waals surface area contributed by atoms with Crippen LogP contribution in [-0.2, 0) is 23.8 Å². The van der Waals surface area contributed by atoms with E-state index in [1.807, 2.05) is 18.2 Å². The topological polar surface area (TPSA) is 58.2 Å². The fourth-order valence-electron chi connectivity index (χ4n) is 2.95. The van der Waals surface area contributed by atoms with Crippen LogP contribution in [-0.4, -0.2) is 16.5 Å². The zero-order chi connectivity index (χ0) is 17.1. The van der Waals surface area contributed by atoms with Gasteiger partial charge in [0, 0.05) is 28.5 Å². The van der Waals surface area contributed by atoms with Crippen molar-refractivity contribution in [3.8, 4) is 0 Å². The van der Waals surface area contributed by atoms with Gasteiger partial charge in [-0.05, 0) is 47.7 Å². The Bertz CT molecular complexity index is 777. The molecule has 24 heavy (non-hydrogen) atoms. The van der Waals surface area contributed by atoms with Crippen molar-refractivity contribution in [1.82, 2.24) is 10.6 Å². The van der Waals surface area contributed by atoms with Gasteiger partial charge in [-0.2, -0.15) is 0 Å². The van der Waals surface area contributed by atoms with Crippen LogP contribution in [0.1, 0.15) is 29.2 Å². The van der Waals surface area contributed by atoms with Gasteiger partial charge in [-0.3, -0.25) is 4.21 Å². The van der Waals surface area contributed by atoms with Crippen LogP contribution in [0.4, 0.5) is 9.18 Å². The van der Waals surface area contributed by atoms with Crippen molar-refractivity contribution < 1.29 is 13.4 Å². The number of halogens is 1. The summed E-state index contributed by atoms with van der Waals surface area (Å²) in [6.45, 7) is 0.380. The van der Waals surface area contributed by atoms with Gasteiger partial charge in [0.2, 0.25) is 0 Å². The number of rotatable bonds is 4. The van der Waals surface area contributed by atoms with Crippen LogP contribution in [0.15, 0.2) is 47.4 Å². The average molecular weight is 346 g/mol. The summed E-state index contributed by atoms with van der Waals surface area (Å²) in [5.74, 6) is -0.203. The van der Waals surface area contributed by atoms with E-state index >= 15 is 0 Å². The fraction of sp³-hybridized carbons (Fsp3) is 0.278. The molecule has 0 bridgehead atoms. The van der Waals surface area contributed by atoms with Crippen LogP contribution < -0.4 is 10.6 Å². The SMILES string of the molecule is C[S@@](=O)c1ccc(CNC(=O)N[C@H]2CCc3c(F)cccc32)cc1. The number of hydrogen-bond donors (Lipinski definition) is 2. The monoisotopic (exact) mass is 346 g/mol. The smallest absolute Gasteiger partial charge is 0.315 e. The average Bonchev–Trinajstić information content (AvgIpc) is 2.98. The molecule has 0 spiro atoms. The van der Waals surface area contributed by atoms with E-state index in [1.54, 1.807) is 24.5 Å². The normalized spacial score (nSPS) is 17.2. The Morgan fingerprint density at radius 1 is 1.25 bits per heavy atom. The largest absolute Gasteiger partial charge is 0.334 e. The van der Waals surface area contributed by atoms with Gasteiger partial charge in [-0.25, -0.2) is 9.18 Å². The van der Waals surface area contributed by atoms with Gasteiger partial charge in [0.15, 0.2) is 0 Å². The first-order chi connectivity index (χ1) is 11.5. The quantitative estimate of drug-likeness (QED) is 0.894. The van der Waals surface area contributed by atoms with Gasteiger partial charge in [0.1, 0.15) is 5.82 Å². The standard InChI is InChI=1S/C18H19FN2O2S/c1-24(23)13-7-5-12(6-8-13)11-20-18(22)21-17-10-9-14-15(17)3-2-4-16(14)19/h2-8,17H,9-11H2,1H3,(H2,20,21,22)/t17-,24+/m0/s1.